The molecule has 0 fully saturated rings. The van der Waals surface area contributed by atoms with Gasteiger partial charge in [-0.2, -0.15) is 5.11 Å². The Hall–Kier alpha value is -3.59. The lowest BCUT2D eigenvalue weighted by molar-refractivity contribution is 0.0950. The zero-order valence-electron chi connectivity index (χ0n) is 18.1. The Morgan fingerprint density at radius 1 is 1.19 bits per heavy atom. The van der Waals surface area contributed by atoms with Gasteiger partial charge in [-0.05, 0) is 50.6 Å². The Balaban J connectivity index is 1.54. The number of aromatic nitrogens is 3. The molecule has 5 rings (SSSR count). The minimum Gasteiger partial charge on any atom is -0.348 e. The Kier molecular flexibility index (Phi) is 5.18. The lowest BCUT2D eigenvalue weighted by Crippen LogP contribution is -2.27. The van der Waals surface area contributed by atoms with Crippen molar-refractivity contribution in [3.63, 3.8) is 0 Å². The molecule has 8 nitrogen and oxygen atoms in total. The van der Waals surface area contributed by atoms with Gasteiger partial charge in [0.25, 0.3) is 5.91 Å². The summed E-state index contributed by atoms with van der Waals surface area (Å²) in [5.41, 5.74) is 4.89. The van der Waals surface area contributed by atoms with Crippen LogP contribution in [0.5, 0.6) is 0 Å². The molecular formula is C23H23N7OS. The van der Waals surface area contributed by atoms with Crippen molar-refractivity contribution < 1.29 is 4.79 Å². The number of anilines is 1. The van der Waals surface area contributed by atoms with E-state index in [0.29, 0.717) is 18.7 Å². The number of nitrogens with zero attached hydrogens (tertiary/aromatic N) is 6. The van der Waals surface area contributed by atoms with Crippen molar-refractivity contribution in [3.8, 4) is 10.6 Å². The van der Waals surface area contributed by atoms with Gasteiger partial charge in [-0.3, -0.25) is 14.2 Å². The molecule has 1 N–H and O–H groups in total. The van der Waals surface area contributed by atoms with Crippen molar-refractivity contribution in [2.24, 2.45) is 10.3 Å². The number of rotatable bonds is 5. The molecule has 0 aromatic carbocycles. The first-order chi connectivity index (χ1) is 15.5. The third kappa shape index (κ3) is 3.75. The van der Waals surface area contributed by atoms with Crippen LogP contribution in [0.15, 0.2) is 59.3 Å². The van der Waals surface area contributed by atoms with Crippen LogP contribution in [0.3, 0.4) is 0 Å². The molecule has 4 aromatic rings. The summed E-state index contributed by atoms with van der Waals surface area (Å²) in [5, 5.41) is 13.3. The predicted molar refractivity (Wildman–Crippen MR) is 125 cm³/mol. The number of imidazole rings is 1. The minimum atomic E-state index is -0.167. The van der Waals surface area contributed by atoms with Gasteiger partial charge in [0.2, 0.25) is 0 Å². The van der Waals surface area contributed by atoms with Gasteiger partial charge in [0.15, 0.2) is 5.65 Å². The quantitative estimate of drug-likeness (QED) is 0.487. The van der Waals surface area contributed by atoms with Crippen molar-refractivity contribution in [1.29, 1.82) is 0 Å². The number of fused-ring (bicyclic) bond motifs is 1. The van der Waals surface area contributed by atoms with Gasteiger partial charge in [0.1, 0.15) is 5.69 Å². The fourth-order valence-electron chi connectivity index (χ4n) is 3.68. The van der Waals surface area contributed by atoms with Crippen LogP contribution in [-0.2, 0) is 6.54 Å². The van der Waals surface area contributed by atoms with E-state index in [4.69, 9.17) is 0 Å². The number of hydrogen-bond acceptors (Lipinski definition) is 7. The zero-order chi connectivity index (χ0) is 22.2. The molecule has 4 aromatic heterocycles. The van der Waals surface area contributed by atoms with E-state index in [1.165, 1.54) is 4.88 Å². The number of hydrogen-bond donors (Lipinski definition) is 1. The number of aryl methyl sites for hydroxylation is 2. The molecule has 0 spiro atoms. The summed E-state index contributed by atoms with van der Waals surface area (Å²) >= 11 is 1.70. The van der Waals surface area contributed by atoms with Crippen molar-refractivity contribution >= 4 is 28.6 Å². The third-order valence-electron chi connectivity index (χ3n) is 5.44. The molecule has 0 saturated carbocycles. The SMILES string of the molecule is Cc1ccc(CNC(=O)c2cc(N3N=NCC3C)c3ncc(-c4ccc(C)s4)n3c2)cn1. The van der Waals surface area contributed by atoms with E-state index in [1.807, 2.05) is 46.9 Å². The monoisotopic (exact) mass is 445 g/mol. The third-order valence-corrected chi connectivity index (χ3v) is 6.46. The van der Waals surface area contributed by atoms with Crippen LogP contribution in [0.4, 0.5) is 5.69 Å². The van der Waals surface area contributed by atoms with E-state index in [1.54, 1.807) is 17.5 Å². The van der Waals surface area contributed by atoms with Crippen molar-refractivity contribution in [2.75, 3.05) is 11.6 Å². The van der Waals surface area contributed by atoms with Crippen LogP contribution in [-0.4, -0.2) is 32.9 Å². The molecule has 0 bridgehead atoms. The number of carbonyl (C=O) groups excluding carboxylic acids is 1. The number of nitrogens with one attached hydrogen (secondary N) is 1. The molecule has 1 aliphatic heterocycles. The fraction of sp³-hybridized carbons (Fsp3) is 0.261. The fourth-order valence-corrected chi connectivity index (χ4v) is 4.55. The lowest BCUT2D eigenvalue weighted by atomic mass is 10.2. The zero-order valence-corrected chi connectivity index (χ0v) is 18.9. The lowest BCUT2D eigenvalue weighted by Gasteiger charge is -2.20. The van der Waals surface area contributed by atoms with Crippen molar-refractivity contribution in [3.05, 3.63) is 70.6 Å². The van der Waals surface area contributed by atoms with Gasteiger partial charge in [0, 0.05) is 29.5 Å². The normalized spacial score (nSPS) is 15.6. The number of pyridine rings is 2. The highest BCUT2D eigenvalue weighted by Crippen LogP contribution is 2.33. The second-order valence-electron chi connectivity index (χ2n) is 7.96. The largest absolute Gasteiger partial charge is 0.348 e. The maximum Gasteiger partial charge on any atom is 0.253 e. The molecule has 5 heterocycles. The molecular weight excluding hydrogens is 422 g/mol. The molecule has 9 heteroatoms. The van der Waals surface area contributed by atoms with Crippen LogP contribution in [0.1, 0.15) is 33.4 Å². The van der Waals surface area contributed by atoms with E-state index in [-0.39, 0.29) is 11.9 Å². The Bertz CT molecular complexity index is 1320. The first-order valence-corrected chi connectivity index (χ1v) is 11.3. The van der Waals surface area contributed by atoms with Gasteiger partial charge in [-0.25, -0.2) is 9.99 Å². The summed E-state index contributed by atoms with van der Waals surface area (Å²) < 4.78 is 1.98. The molecule has 1 unspecified atom stereocenters. The van der Waals surface area contributed by atoms with Gasteiger partial charge in [-0.15, -0.1) is 11.3 Å². The molecule has 1 amide bonds. The maximum atomic E-state index is 13.1. The molecule has 1 aliphatic rings. The highest BCUT2D eigenvalue weighted by Gasteiger charge is 2.25. The second-order valence-corrected chi connectivity index (χ2v) is 9.25. The van der Waals surface area contributed by atoms with Gasteiger partial charge in [-0.1, -0.05) is 11.3 Å². The van der Waals surface area contributed by atoms with E-state index in [0.717, 1.165) is 33.2 Å². The molecule has 1 atom stereocenters. The summed E-state index contributed by atoms with van der Waals surface area (Å²) in [4.78, 5) is 24.4. The number of carbonyl (C=O) groups is 1. The first kappa shape index (κ1) is 20.3. The first-order valence-electron chi connectivity index (χ1n) is 10.4. The molecule has 162 valence electrons. The van der Waals surface area contributed by atoms with Crippen molar-refractivity contribution in [1.82, 2.24) is 19.7 Å². The van der Waals surface area contributed by atoms with Gasteiger partial charge < -0.3 is 5.32 Å². The van der Waals surface area contributed by atoms with Crippen LogP contribution < -0.4 is 10.3 Å². The number of amides is 1. The maximum absolute atomic E-state index is 13.1. The van der Waals surface area contributed by atoms with Crippen LogP contribution in [0.25, 0.3) is 16.2 Å². The highest BCUT2D eigenvalue weighted by atomic mass is 32.1. The van der Waals surface area contributed by atoms with Crippen LogP contribution >= 0.6 is 11.3 Å². The average Bonchev–Trinajstić information content (AvgIpc) is 3.52. The van der Waals surface area contributed by atoms with E-state index in [2.05, 4.69) is 51.6 Å². The molecule has 0 radical (unpaired) electrons. The minimum absolute atomic E-state index is 0.0971. The summed E-state index contributed by atoms with van der Waals surface area (Å²) in [7, 11) is 0. The summed E-state index contributed by atoms with van der Waals surface area (Å²) in [6, 6.07) is 10.0. The highest BCUT2D eigenvalue weighted by molar-refractivity contribution is 7.15. The standard InChI is InChI=1S/C23H23N7OS/c1-14-4-6-17(10-24-14)11-26-23(31)18-8-19(30-15(2)9-27-28-30)22-25-12-20(29(22)13-18)21-7-5-16(3)32-21/h4-8,10,12-13,15H,9,11H2,1-3H3,(H,26,31). The number of thiophene rings is 1. The molecule has 0 aliphatic carbocycles. The topological polar surface area (TPSA) is 87.2 Å². The summed E-state index contributed by atoms with van der Waals surface area (Å²) in [6.45, 7) is 7.09. The second kappa shape index (κ2) is 8.16. The van der Waals surface area contributed by atoms with Gasteiger partial charge in [0.05, 0.1) is 34.9 Å². The van der Waals surface area contributed by atoms with Crippen molar-refractivity contribution in [2.45, 2.75) is 33.4 Å². The van der Waals surface area contributed by atoms with E-state index < -0.39 is 0 Å². The average molecular weight is 446 g/mol. The van der Waals surface area contributed by atoms with E-state index in [9.17, 15) is 4.79 Å². The molecule has 32 heavy (non-hydrogen) atoms. The Labute approximate surface area is 189 Å². The Morgan fingerprint density at radius 2 is 2.06 bits per heavy atom. The van der Waals surface area contributed by atoms with E-state index >= 15 is 0 Å². The Morgan fingerprint density at radius 3 is 2.75 bits per heavy atom. The van der Waals surface area contributed by atoms with Crippen LogP contribution in [0.2, 0.25) is 0 Å². The predicted octanol–water partition coefficient (Wildman–Crippen LogP) is 4.58. The summed E-state index contributed by atoms with van der Waals surface area (Å²) in [5.74, 6) is -0.167. The smallest absolute Gasteiger partial charge is 0.253 e. The van der Waals surface area contributed by atoms with Crippen LogP contribution in [0, 0.1) is 13.8 Å². The van der Waals surface area contributed by atoms with Gasteiger partial charge >= 0.3 is 0 Å². The molecule has 0 saturated heterocycles. The summed E-state index contributed by atoms with van der Waals surface area (Å²) in [6.07, 6.45) is 5.47.